The molecule has 1 amide bonds. The second kappa shape index (κ2) is 8.05. The topological polar surface area (TPSA) is 32.3 Å². The van der Waals surface area contributed by atoms with Gasteiger partial charge < -0.3 is 10.2 Å². The molecular formula is C19H21F3N2O. The number of halogens is 3. The van der Waals surface area contributed by atoms with Crippen molar-refractivity contribution in [1.82, 2.24) is 4.90 Å². The van der Waals surface area contributed by atoms with Gasteiger partial charge in [-0.2, -0.15) is 13.2 Å². The Hall–Kier alpha value is -2.50. The Bertz CT molecular complexity index is 725. The molecule has 2 aromatic rings. The molecule has 0 unspecified atom stereocenters. The molecule has 2 rings (SSSR count). The minimum atomic E-state index is -4.41. The molecule has 0 aliphatic carbocycles. The second-order valence-electron chi connectivity index (χ2n) is 5.53. The smallest absolute Gasteiger partial charge is 0.380 e. The molecule has 0 aromatic heterocycles. The van der Waals surface area contributed by atoms with Gasteiger partial charge in [0.25, 0.3) is 5.91 Å². The molecule has 0 bridgehead atoms. The van der Waals surface area contributed by atoms with E-state index >= 15 is 0 Å². The third kappa shape index (κ3) is 4.53. The fourth-order valence-corrected chi connectivity index (χ4v) is 2.65. The van der Waals surface area contributed by atoms with Crippen LogP contribution in [0.3, 0.4) is 0 Å². The first-order valence-corrected chi connectivity index (χ1v) is 8.15. The number of alkyl halides is 3. The van der Waals surface area contributed by atoms with Crippen molar-refractivity contribution < 1.29 is 18.0 Å². The minimum Gasteiger partial charge on any atom is -0.380 e. The molecule has 0 heterocycles. The molecule has 0 saturated heterocycles. The lowest BCUT2D eigenvalue weighted by molar-refractivity contribution is -0.138. The Kier molecular flexibility index (Phi) is 6.07. The fourth-order valence-electron chi connectivity index (χ4n) is 2.65. The van der Waals surface area contributed by atoms with Crippen LogP contribution < -0.4 is 5.32 Å². The summed E-state index contributed by atoms with van der Waals surface area (Å²) in [6, 6.07) is 12.3. The van der Waals surface area contributed by atoms with E-state index in [1.165, 1.54) is 12.1 Å². The van der Waals surface area contributed by atoms with E-state index in [2.05, 4.69) is 5.32 Å². The SMILES string of the molecule is CCN(CC)C(=O)c1ccccc1NCc1ccccc1C(F)(F)F. The molecule has 0 saturated carbocycles. The van der Waals surface area contributed by atoms with Gasteiger partial charge in [-0.05, 0) is 37.6 Å². The van der Waals surface area contributed by atoms with Gasteiger partial charge in [0.1, 0.15) is 0 Å². The van der Waals surface area contributed by atoms with Crippen LogP contribution in [0.25, 0.3) is 0 Å². The first kappa shape index (κ1) is 18.8. The molecule has 0 atom stereocenters. The van der Waals surface area contributed by atoms with E-state index in [0.717, 1.165) is 6.07 Å². The number of para-hydroxylation sites is 1. The highest BCUT2D eigenvalue weighted by Gasteiger charge is 2.32. The first-order chi connectivity index (χ1) is 11.9. The van der Waals surface area contributed by atoms with Crippen LogP contribution in [-0.2, 0) is 12.7 Å². The molecule has 0 radical (unpaired) electrons. The summed E-state index contributed by atoms with van der Waals surface area (Å²) in [7, 11) is 0. The molecule has 6 heteroatoms. The predicted octanol–water partition coefficient (Wildman–Crippen LogP) is 4.80. The third-order valence-corrected chi connectivity index (χ3v) is 4.00. The lowest BCUT2D eigenvalue weighted by Crippen LogP contribution is -2.31. The van der Waals surface area contributed by atoms with Crippen molar-refractivity contribution in [3.05, 3.63) is 65.2 Å². The zero-order valence-electron chi connectivity index (χ0n) is 14.2. The maximum Gasteiger partial charge on any atom is 0.416 e. The Morgan fingerprint density at radius 1 is 1.00 bits per heavy atom. The maximum atomic E-state index is 13.1. The Morgan fingerprint density at radius 2 is 1.60 bits per heavy atom. The van der Waals surface area contributed by atoms with Crippen LogP contribution in [0.2, 0.25) is 0 Å². The molecule has 134 valence electrons. The number of amides is 1. The average molecular weight is 350 g/mol. The number of hydrogen-bond donors (Lipinski definition) is 1. The second-order valence-corrected chi connectivity index (χ2v) is 5.53. The van der Waals surface area contributed by atoms with Gasteiger partial charge in [0, 0.05) is 25.3 Å². The summed E-state index contributed by atoms with van der Waals surface area (Å²) in [5.74, 6) is -0.141. The largest absolute Gasteiger partial charge is 0.416 e. The van der Waals surface area contributed by atoms with Gasteiger partial charge in [0.15, 0.2) is 0 Å². The standard InChI is InChI=1S/C19H21F3N2O/c1-3-24(4-2)18(25)15-10-6-8-12-17(15)23-13-14-9-5-7-11-16(14)19(20,21)22/h5-12,23H,3-4,13H2,1-2H3. The zero-order chi connectivity index (χ0) is 18.4. The fraction of sp³-hybridized carbons (Fsp3) is 0.316. The molecule has 2 aromatic carbocycles. The number of benzene rings is 2. The lowest BCUT2D eigenvalue weighted by Gasteiger charge is -2.21. The van der Waals surface area contributed by atoms with Crippen molar-refractivity contribution in [3.8, 4) is 0 Å². The highest BCUT2D eigenvalue weighted by atomic mass is 19.4. The molecule has 25 heavy (non-hydrogen) atoms. The summed E-state index contributed by atoms with van der Waals surface area (Å²) in [4.78, 5) is 14.2. The molecule has 0 aliphatic rings. The van der Waals surface area contributed by atoms with E-state index in [1.807, 2.05) is 13.8 Å². The van der Waals surface area contributed by atoms with Crippen molar-refractivity contribution in [1.29, 1.82) is 0 Å². The van der Waals surface area contributed by atoms with Gasteiger partial charge in [0.05, 0.1) is 11.1 Å². The quantitative estimate of drug-likeness (QED) is 0.812. The van der Waals surface area contributed by atoms with Gasteiger partial charge in [-0.25, -0.2) is 0 Å². The first-order valence-electron chi connectivity index (χ1n) is 8.15. The maximum absolute atomic E-state index is 13.1. The van der Waals surface area contributed by atoms with Gasteiger partial charge in [-0.3, -0.25) is 4.79 Å². The number of anilines is 1. The Labute approximate surface area is 145 Å². The monoisotopic (exact) mass is 350 g/mol. The van der Waals surface area contributed by atoms with Crippen molar-refractivity contribution in [2.75, 3.05) is 18.4 Å². The van der Waals surface area contributed by atoms with E-state index in [-0.39, 0.29) is 18.0 Å². The van der Waals surface area contributed by atoms with E-state index in [4.69, 9.17) is 0 Å². The number of carbonyl (C=O) groups excluding carboxylic acids is 1. The summed E-state index contributed by atoms with van der Waals surface area (Å²) in [6.07, 6.45) is -4.41. The Balaban J connectivity index is 2.25. The molecular weight excluding hydrogens is 329 g/mol. The van der Waals surface area contributed by atoms with E-state index in [0.29, 0.717) is 24.3 Å². The molecule has 3 nitrogen and oxygen atoms in total. The minimum absolute atomic E-state index is 0.0156. The van der Waals surface area contributed by atoms with Crippen molar-refractivity contribution in [3.63, 3.8) is 0 Å². The van der Waals surface area contributed by atoms with E-state index in [9.17, 15) is 18.0 Å². The van der Waals surface area contributed by atoms with Gasteiger partial charge in [0.2, 0.25) is 0 Å². The van der Waals surface area contributed by atoms with E-state index in [1.54, 1.807) is 35.2 Å². The third-order valence-electron chi connectivity index (χ3n) is 4.00. The van der Waals surface area contributed by atoms with Crippen LogP contribution in [0.5, 0.6) is 0 Å². The van der Waals surface area contributed by atoms with Gasteiger partial charge in [-0.15, -0.1) is 0 Å². The van der Waals surface area contributed by atoms with Crippen molar-refractivity contribution in [2.24, 2.45) is 0 Å². The summed E-state index contributed by atoms with van der Waals surface area (Å²) in [5, 5.41) is 2.98. The molecule has 1 N–H and O–H groups in total. The van der Waals surface area contributed by atoms with Gasteiger partial charge in [-0.1, -0.05) is 30.3 Å². The van der Waals surface area contributed by atoms with Crippen LogP contribution in [0, 0.1) is 0 Å². The zero-order valence-corrected chi connectivity index (χ0v) is 14.2. The molecule has 0 aliphatic heterocycles. The Morgan fingerprint density at radius 3 is 2.24 bits per heavy atom. The summed E-state index contributed by atoms with van der Waals surface area (Å²) >= 11 is 0. The average Bonchev–Trinajstić information content (AvgIpc) is 2.60. The molecule has 0 spiro atoms. The highest BCUT2D eigenvalue weighted by Crippen LogP contribution is 2.32. The highest BCUT2D eigenvalue weighted by molar-refractivity contribution is 5.99. The van der Waals surface area contributed by atoms with E-state index < -0.39 is 11.7 Å². The number of rotatable bonds is 6. The number of hydrogen-bond acceptors (Lipinski definition) is 2. The van der Waals surface area contributed by atoms with Crippen LogP contribution in [0.4, 0.5) is 18.9 Å². The molecule has 0 fully saturated rings. The van der Waals surface area contributed by atoms with Crippen LogP contribution >= 0.6 is 0 Å². The van der Waals surface area contributed by atoms with Crippen LogP contribution in [-0.4, -0.2) is 23.9 Å². The summed E-state index contributed by atoms with van der Waals surface area (Å²) < 4.78 is 39.3. The van der Waals surface area contributed by atoms with Crippen molar-refractivity contribution >= 4 is 11.6 Å². The predicted molar refractivity (Wildman–Crippen MR) is 92.5 cm³/mol. The number of nitrogens with zero attached hydrogens (tertiary/aromatic N) is 1. The van der Waals surface area contributed by atoms with Crippen LogP contribution in [0.1, 0.15) is 35.3 Å². The lowest BCUT2D eigenvalue weighted by atomic mass is 10.1. The summed E-state index contributed by atoms with van der Waals surface area (Å²) in [6.45, 7) is 4.90. The van der Waals surface area contributed by atoms with Gasteiger partial charge >= 0.3 is 6.18 Å². The van der Waals surface area contributed by atoms with Crippen molar-refractivity contribution in [2.45, 2.75) is 26.6 Å². The van der Waals surface area contributed by atoms with Crippen LogP contribution in [0.15, 0.2) is 48.5 Å². The normalized spacial score (nSPS) is 11.2. The number of carbonyl (C=O) groups is 1. The summed E-state index contributed by atoms with van der Waals surface area (Å²) in [5.41, 5.74) is 0.446. The number of nitrogens with one attached hydrogen (secondary N) is 1.